The molecule has 29 heavy (non-hydrogen) atoms. The second-order valence-electron chi connectivity index (χ2n) is 6.43. The highest BCUT2D eigenvalue weighted by atomic mass is 35.5. The lowest BCUT2D eigenvalue weighted by atomic mass is 10.1. The van der Waals surface area contributed by atoms with Crippen LogP contribution < -0.4 is 15.5 Å². The van der Waals surface area contributed by atoms with Gasteiger partial charge < -0.3 is 5.32 Å². The maximum Gasteiger partial charge on any atom is 0.321 e. The predicted octanol–water partition coefficient (Wildman–Crippen LogP) is 4.82. The molecule has 3 amide bonds. The number of thiazole rings is 1. The van der Waals surface area contributed by atoms with Gasteiger partial charge in [0.15, 0.2) is 5.13 Å². The van der Waals surface area contributed by atoms with Crippen molar-refractivity contribution < 1.29 is 9.59 Å². The van der Waals surface area contributed by atoms with Crippen LogP contribution in [0.25, 0.3) is 0 Å². The summed E-state index contributed by atoms with van der Waals surface area (Å²) in [7, 11) is 0. The van der Waals surface area contributed by atoms with Crippen LogP contribution in [0, 0.1) is 0 Å². The molecule has 1 fully saturated rings. The number of hydrogen-bond donors (Lipinski definition) is 2. The predicted molar refractivity (Wildman–Crippen MR) is 117 cm³/mol. The van der Waals surface area contributed by atoms with Crippen molar-refractivity contribution in [3.63, 3.8) is 0 Å². The van der Waals surface area contributed by atoms with Crippen LogP contribution in [-0.2, 0) is 6.42 Å². The van der Waals surface area contributed by atoms with Crippen LogP contribution >= 0.6 is 34.5 Å². The Kier molecular flexibility index (Phi) is 5.71. The molecule has 148 valence electrons. The van der Waals surface area contributed by atoms with Crippen LogP contribution in [0.2, 0.25) is 10.0 Å². The molecule has 2 aromatic carbocycles. The van der Waals surface area contributed by atoms with E-state index in [9.17, 15) is 9.59 Å². The summed E-state index contributed by atoms with van der Waals surface area (Å²) in [6.45, 7) is 1.17. The third-order valence-corrected chi connectivity index (χ3v) is 5.93. The first kappa shape index (κ1) is 19.7. The molecule has 0 aliphatic carbocycles. The number of benzene rings is 2. The highest BCUT2D eigenvalue weighted by Gasteiger charge is 2.22. The molecule has 1 aliphatic heterocycles. The van der Waals surface area contributed by atoms with Crippen LogP contribution in [0.4, 0.5) is 15.6 Å². The number of halogens is 2. The zero-order valence-corrected chi connectivity index (χ0v) is 17.4. The molecule has 0 unspecified atom stereocenters. The Morgan fingerprint density at radius 3 is 2.86 bits per heavy atom. The second kappa shape index (κ2) is 8.41. The number of nitrogens with one attached hydrogen (secondary N) is 2. The van der Waals surface area contributed by atoms with E-state index in [-0.39, 0.29) is 11.9 Å². The fourth-order valence-electron chi connectivity index (χ4n) is 3.00. The number of amides is 3. The van der Waals surface area contributed by atoms with Gasteiger partial charge in [0.25, 0.3) is 5.91 Å². The molecule has 9 heteroatoms. The monoisotopic (exact) mass is 446 g/mol. The zero-order valence-electron chi connectivity index (χ0n) is 15.1. The molecule has 0 spiro atoms. The number of hydrogen-bond acceptors (Lipinski definition) is 4. The van der Waals surface area contributed by atoms with E-state index < -0.39 is 0 Å². The number of carbonyl (C=O) groups excluding carboxylic acids is 2. The Balaban J connectivity index is 1.45. The third-order valence-electron chi connectivity index (χ3n) is 4.43. The standard InChI is InChI=1S/C20H16Cl2N4O2S/c21-14-5-4-12(17(22)10-14)9-16-11-24-19(29-16)25-18(27)13-2-1-3-15(8-13)26-7-6-23-20(26)28/h1-5,8,10-11H,6-7,9H2,(H,23,28)(H,24,25,27). The number of nitrogens with zero attached hydrogens (tertiary/aromatic N) is 2. The number of anilines is 2. The lowest BCUT2D eigenvalue weighted by molar-refractivity contribution is 0.102. The minimum absolute atomic E-state index is 0.159. The molecule has 6 nitrogen and oxygen atoms in total. The van der Waals surface area contributed by atoms with Gasteiger partial charge in [-0.25, -0.2) is 9.78 Å². The fourth-order valence-corrected chi connectivity index (χ4v) is 4.31. The van der Waals surface area contributed by atoms with Gasteiger partial charge >= 0.3 is 6.03 Å². The highest BCUT2D eigenvalue weighted by molar-refractivity contribution is 7.15. The SMILES string of the molecule is O=C(Nc1ncc(Cc2ccc(Cl)cc2Cl)s1)c1cccc(N2CCNC2=O)c1. The van der Waals surface area contributed by atoms with Gasteiger partial charge in [0, 0.05) is 51.9 Å². The first-order chi connectivity index (χ1) is 14.0. The highest BCUT2D eigenvalue weighted by Crippen LogP contribution is 2.27. The van der Waals surface area contributed by atoms with Crippen molar-refractivity contribution in [1.82, 2.24) is 10.3 Å². The molecule has 2 N–H and O–H groups in total. The molecule has 0 saturated carbocycles. The van der Waals surface area contributed by atoms with Crippen LogP contribution in [0.15, 0.2) is 48.7 Å². The molecule has 2 heterocycles. The third kappa shape index (κ3) is 4.53. The first-order valence-corrected chi connectivity index (χ1v) is 10.4. The zero-order chi connectivity index (χ0) is 20.4. The smallest absolute Gasteiger partial charge is 0.321 e. The van der Waals surface area contributed by atoms with Crippen molar-refractivity contribution in [1.29, 1.82) is 0 Å². The molecule has 1 saturated heterocycles. The minimum atomic E-state index is -0.281. The Morgan fingerprint density at radius 1 is 1.24 bits per heavy atom. The first-order valence-electron chi connectivity index (χ1n) is 8.85. The van der Waals surface area contributed by atoms with Crippen LogP contribution in [-0.4, -0.2) is 30.0 Å². The maximum atomic E-state index is 12.6. The molecule has 0 radical (unpaired) electrons. The van der Waals surface area contributed by atoms with Gasteiger partial charge in [0.2, 0.25) is 0 Å². The summed E-state index contributed by atoms with van der Waals surface area (Å²) in [5.74, 6) is -0.281. The molecule has 1 aromatic heterocycles. The van der Waals surface area contributed by atoms with E-state index in [1.165, 1.54) is 11.3 Å². The summed E-state index contributed by atoms with van der Waals surface area (Å²) >= 11 is 13.5. The van der Waals surface area contributed by atoms with Gasteiger partial charge in [-0.3, -0.25) is 15.0 Å². The number of urea groups is 1. The van der Waals surface area contributed by atoms with Gasteiger partial charge in [0.05, 0.1) is 0 Å². The van der Waals surface area contributed by atoms with E-state index in [2.05, 4.69) is 15.6 Å². The van der Waals surface area contributed by atoms with Gasteiger partial charge in [-0.05, 0) is 35.9 Å². The van der Waals surface area contributed by atoms with Crippen LogP contribution in [0.3, 0.4) is 0 Å². The van der Waals surface area contributed by atoms with Crippen molar-refractivity contribution in [3.8, 4) is 0 Å². The maximum absolute atomic E-state index is 12.6. The van der Waals surface area contributed by atoms with Gasteiger partial charge in [-0.15, -0.1) is 11.3 Å². The van der Waals surface area contributed by atoms with Crippen molar-refractivity contribution in [2.45, 2.75) is 6.42 Å². The molecule has 1 aliphatic rings. The van der Waals surface area contributed by atoms with Gasteiger partial charge in [0.1, 0.15) is 0 Å². The Morgan fingerprint density at radius 2 is 2.10 bits per heavy atom. The minimum Gasteiger partial charge on any atom is -0.336 e. The average Bonchev–Trinajstić information content (AvgIpc) is 3.33. The molecule has 0 bridgehead atoms. The van der Waals surface area contributed by atoms with Crippen molar-refractivity contribution in [2.24, 2.45) is 0 Å². The average molecular weight is 447 g/mol. The Bertz CT molecular complexity index is 1090. The van der Waals surface area contributed by atoms with Crippen molar-refractivity contribution >= 4 is 57.3 Å². The largest absolute Gasteiger partial charge is 0.336 e. The summed E-state index contributed by atoms with van der Waals surface area (Å²) in [5.41, 5.74) is 2.08. The summed E-state index contributed by atoms with van der Waals surface area (Å²) in [6.07, 6.45) is 2.32. The van der Waals surface area contributed by atoms with E-state index in [1.54, 1.807) is 47.5 Å². The molecular formula is C20H16Cl2N4O2S. The quantitative estimate of drug-likeness (QED) is 0.589. The normalized spacial score (nSPS) is 13.4. The van der Waals surface area contributed by atoms with Crippen molar-refractivity contribution in [3.05, 3.63) is 74.7 Å². The second-order valence-corrected chi connectivity index (χ2v) is 8.39. The summed E-state index contributed by atoms with van der Waals surface area (Å²) in [5, 5.41) is 7.24. The van der Waals surface area contributed by atoms with Gasteiger partial charge in [-0.2, -0.15) is 0 Å². The van der Waals surface area contributed by atoms with Gasteiger partial charge in [-0.1, -0.05) is 35.3 Å². The summed E-state index contributed by atoms with van der Waals surface area (Å²) < 4.78 is 0. The van der Waals surface area contributed by atoms with Crippen LogP contribution in [0.1, 0.15) is 20.8 Å². The van der Waals surface area contributed by atoms with E-state index in [0.717, 1.165) is 10.4 Å². The van der Waals surface area contributed by atoms with E-state index in [4.69, 9.17) is 23.2 Å². The Labute approximate surface area is 181 Å². The lowest BCUT2D eigenvalue weighted by Gasteiger charge is -2.14. The molecular weight excluding hydrogens is 431 g/mol. The number of rotatable bonds is 5. The molecule has 0 atom stereocenters. The number of aromatic nitrogens is 1. The van der Waals surface area contributed by atoms with E-state index >= 15 is 0 Å². The van der Waals surface area contributed by atoms with Crippen molar-refractivity contribution in [2.75, 3.05) is 23.3 Å². The molecule has 3 aromatic rings. The number of carbonyl (C=O) groups is 2. The fraction of sp³-hybridized carbons (Fsp3) is 0.150. The van der Waals surface area contributed by atoms with E-state index in [1.807, 2.05) is 6.07 Å². The lowest BCUT2D eigenvalue weighted by Crippen LogP contribution is -2.27. The molecule has 4 rings (SSSR count). The Hall–Kier alpha value is -2.61. The summed E-state index contributed by atoms with van der Waals surface area (Å²) in [4.78, 5) is 31.3. The topological polar surface area (TPSA) is 74.3 Å². The van der Waals surface area contributed by atoms with Crippen LogP contribution in [0.5, 0.6) is 0 Å². The van der Waals surface area contributed by atoms with E-state index in [0.29, 0.717) is 45.9 Å². The summed E-state index contributed by atoms with van der Waals surface area (Å²) in [6, 6.07) is 12.2.